The molecule has 0 aliphatic rings. The number of aromatic amines is 1. The van der Waals surface area contributed by atoms with Gasteiger partial charge in [0, 0.05) is 23.4 Å². The van der Waals surface area contributed by atoms with Gasteiger partial charge in [-0.3, -0.25) is 4.79 Å². The van der Waals surface area contributed by atoms with Crippen LogP contribution in [0.4, 0.5) is 0 Å². The van der Waals surface area contributed by atoms with E-state index in [1.807, 2.05) is 23.8 Å². The van der Waals surface area contributed by atoms with Crippen LogP contribution in [0.2, 0.25) is 0 Å². The molecular weight excluding hydrogens is 284 g/mol. The van der Waals surface area contributed by atoms with Gasteiger partial charge in [0.1, 0.15) is 5.69 Å². The maximum Gasteiger partial charge on any atom is 0.268 e. The number of aromatic nitrogens is 3. The molecule has 0 radical (unpaired) electrons. The highest BCUT2D eigenvalue weighted by Crippen LogP contribution is 2.14. The van der Waals surface area contributed by atoms with E-state index in [1.165, 1.54) is 0 Å². The lowest BCUT2D eigenvalue weighted by Gasteiger charge is -2.06. The standard InChI is InChI=1S/C11H13BrN4O/c1-2-16-6-8(12)3-10(16)11(17)14-5-9-4-13-7-15-9/h3-4,6-7H,2,5H2,1H3,(H,13,15)(H,14,17). The number of imidazole rings is 1. The molecule has 90 valence electrons. The van der Waals surface area contributed by atoms with Crippen LogP contribution in [0.25, 0.3) is 0 Å². The molecule has 0 aromatic carbocycles. The Labute approximate surface area is 107 Å². The van der Waals surface area contributed by atoms with Gasteiger partial charge in [0.15, 0.2) is 0 Å². The molecule has 0 bridgehead atoms. The molecule has 5 nitrogen and oxygen atoms in total. The summed E-state index contributed by atoms with van der Waals surface area (Å²) in [6.45, 7) is 3.21. The van der Waals surface area contributed by atoms with Crippen molar-refractivity contribution in [1.29, 1.82) is 0 Å². The molecule has 0 unspecified atom stereocenters. The molecule has 0 saturated carbocycles. The summed E-state index contributed by atoms with van der Waals surface area (Å²) in [7, 11) is 0. The van der Waals surface area contributed by atoms with E-state index in [1.54, 1.807) is 12.5 Å². The number of hydrogen-bond acceptors (Lipinski definition) is 2. The molecule has 2 aromatic rings. The maximum atomic E-state index is 11.9. The normalized spacial score (nSPS) is 10.5. The Morgan fingerprint density at radius 3 is 3.12 bits per heavy atom. The van der Waals surface area contributed by atoms with Crippen LogP contribution < -0.4 is 5.32 Å². The quantitative estimate of drug-likeness (QED) is 0.905. The lowest BCUT2D eigenvalue weighted by Crippen LogP contribution is -2.25. The topological polar surface area (TPSA) is 62.7 Å². The zero-order valence-electron chi connectivity index (χ0n) is 9.40. The van der Waals surface area contributed by atoms with Gasteiger partial charge in [0.2, 0.25) is 0 Å². The highest BCUT2D eigenvalue weighted by molar-refractivity contribution is 9.10. The fraction of sp³-hybridized carbons (Fsp3) is 0.273. The van der Waals surface area contributed by atoms with Crippen molar-refractivity contribution in [2.75, 3.05) is 0 Å². The monoisotopic (exact) mass is 296 g/mol. The molecule has 1 amide bonds. The Bertz CT molecular complexity index is 504. The highest BCUT2D eigenvalue weighted by Gasteiger charge is 2.11. The number of aryl methyl sites for hydroxylation is 1. The number of nitrogens with zero attached hydrogens (tertiary/aromatic N) is 2. The molecule has 0 fully saturated rings. The van der Waals surface area contributed by atoms with E-state index in [2.05, 4.69) is 31.2 Å². The highest BCUT2D eigenvalue weighted by atomic mass is 79.9. The molecule has 0 aliphatic heterocycles. The van der Waals surface area contributed by atoms with Crippen LogP contribution in [-0.4, -0.2) is 20.4 Å². The summed E-state index contributed by atoms with van der Waals surface area (Å²) in [5.41, 5.74) is 1.53. The van der Waals surface area contributed by atoms with Gasteiger partial charge in [-0.05, 0) is 28.9 Å². The molecule has 0 atom stereocenters. The first-order chi connectivity index (χ1) is 8.20. The summed E-state index contributed by atoms with van der Waals surface area (Å²) < 4.78 is 2.80. The van der Waals surface area contributed by atoms with Crippen LogP contribution in [0.15, 0.2) is 29.3 Å². The first kappa shape index (κ1) is 11.9. The SMILES string of the molecule is CCn1cc(Br)cc1C(=O)NCc1cnc[nH]1. The van der Waals surface area contributed by atoms with E-state index in [4.69, 9.17) is 0 Å². The summed E-state index contributed by atoms with van der Waals surface area (Å²) in [6, 6.07) is 1.81. The Morgan fingerprint density at radius 1 is 1.65 bits per heavy atom. The van der Waals surface area contributed by atoms with Crippen molar-refractivity contribution in [3.63, 3.8) is 0 Å². The average Bonchev–Trinajstić information content (AvgIpc) is 2.94. The van der Waals surface area contributed by atoms with E-state index in [0.29, 0.717) is 12.2 Å². The molecule has 2 rings (SSSR count). The van der Waals surface area contributed by atoms with Gasteiger partial charge in [-0.25, -0.2) is 4.98 Å². The minimum absolute atomic E-state index is 0.0906. The van der Waals surface area contributed by atoms with Crippen molar-refractivity contribution in [2.24, 2.45) is 0 Å². The third-order valence-corrected chi connectivity index (χ3v) is 2.86. The lowest BCUT2D eigenvalue weighted by atomic mass is 10.3. The molecule has 0 spiro atoms. The number of carbonyl (C=O) groups excluding carboxylic acids is 1. The Balaban J connectivity index is 2.04. The molecule has 2 aromatic heterocycles. The van der Waals surface area contributed by atoms with E-state index in [0.717, 1.165) is 16.7 Å². The maximum absolute atomic E-state index is 11.9. The van der Waals surface area contributed by atoms with Crippen molar-refractivity contribution in [1.82, 2.24) is 19.9 Å². The van der Waals surface area contributed by atoms with Gasteiger partial charge >= 0.3 is 0 Å². The summed E-state index contributed by atoms with van der Waals surface area (Å²) in [4.78, 5) is 18.8. The molecule has 6 heteroatoms. The van der Waals surface area contributed by atoms with Gasteiger partial charge in [0.25, 0.3) is 5.91 Å². The number of nitrogens with one attached hydrogen (secondary N) is 2. The second-order valence-electron chi connectivity index (χ2n) is 3.59. The number of amides is 1. The minimum atomic E-state index is -0.0906. The smallest absolute Gasteiger partial charge is 0.268 e. The van der Waals surface area contributed by atoms with Gasteiger partial charge in [-0.15, -0.1) is 0 Å². The summed E-state index contributed by atoms with van der Waals surface area (Å²) in [5, 5.41) is 2.84. The molecule has 0 aliphatic carbocycles. The van der Waals surface area contributed by atoms with Crippen molar-refractivity contribution < 1.29 is 4.79 Å². The van der Waals surface area contributed by atoms with Crippen LogP contribution in [-0.2, 0) is 13.1 Å². The zero-order chi connectivity index (χ0) is 12.3. The number of rotatable bonds is 4. The minimum Gasteiger partial charge on any atom is -0.347 e. The van der Waals surface area contributed by atoms with E-state index >= 15 is 0 Å². The molecule has 0 saturated heterocycles. The Hall–Kier alpha value is -1.56. The molecule has 2 N–H and O–H groups in total. The summed E-state index contributed by atoms with van der Waals surface area (Å²) in [6.07, 6.45) is 5.17. The van der Waals surface area contributed by atoms with Crippen LogP contribution in [0, 0.1) is 0 Å². The van der Waals surface area contributed by atoms with Crippen LogP contribution in [0.3, 0.4) is 0 Å². The van der Waals surface area contributed by atoms with Crippen molar-refractivity contribution in [2.45, 2.75) is 20.0 Å². The van der Waals surface area contributed by atoms with Crippen LogP contribution >= 0.6 is 15.9 Å². The second-order valence-corrected chi connectivity index (χ2v) is 4.50. The summed E-state index contributed by atoms with van der Waals surface area (Å²) >= 11 is 3.36. The van der Waals surface area contributed by atoms with Gasteiger partial charge in [-0.1, -0.05) is 0 Å². The van der Waals surface area contributed by atoms with Crippen LogP contribution in [0.1, 0.15) is 23.1 Å². The van der Waals surface area contributed by atoms with E-state index < -0.39 is 0 Å². The van der Waals surface area contributed by atoms with Gasteiger partial charge in [-0.2, -0.15) is 0 Å². The fourth-order valence-corrected chi connectivity index (χ4v) is 2.04. The van der Waals surface area contributed by atoms with Crippen molar-refractivity contribution >= 4 is 21.8 Å². The lowest BCUT2D eigenvalue weighted by molar-refractivity contribution is 0.0941. The van der Waals surface area contributed by atoms with Gasteiger partial charge < -0.3 is 14.9 Å². The number of carbonyl (C=O) groups is 1. The van der Waals surface area contributed by atoms with E-state index in [9.17, 15) is 4.79 Å². The zero-order valence-corrected chi connectivity index (χ0v) is 11.0. The predicted octanol–water partition coefficient (Wildman–Crippen LogP) is 1.92. The number of H-pyrrole nitrogens is 1. The first-order valence-electron chi connectivity index (χ1n) is 5.32. The fourth-order valence-electron chi connectivity index (χ4n) is 1.57. The number of hydrogen-bond donors (Lipinski definition) is 2. The average molecular weight is 297 g/mol. The first-order valence-corrected chi connectivity index (χ1v) is 6.11. The predicted molar refractivity (Wildman–Crippen MR) is 67.6 cm³/mol. The Morgan fingerprint density at radius 2 is 2.47 bits per heavy atom. The third kappa shape index (κ3) is 2.76. The molecule has 17 heavy (non-hydrogen) atoms. The third-order valence-electron chi connectivity index (χ3n) is 2.43. The number of halogens is 1. The van der Waals surface area contributed by atoms with Crippen molar-refractivity contribution in [3.05, 3.63) is 40.6 Å². The largest absolute Gasteiger partial charge is 0.347 e. The second kappa shape index (κ2) is 5.18. The molecular formula is C11H13BrN4O. The van der Waals surface area contributed by atoms with E-state index in [-0.39, 0.29) is 5.91 Å². The van der Waals surface area contributed by atoms with Crippen LogP contribution in [0.5, 0.6) is 0 Å². The Kier molecular flexibility index (Phi) is 3.63. The van der Waals surface area contributed by atoms with Crippen molar-refractivity contribution in [3.8, 4) is 0 Å². The van der Waals surface area contributed by atoms with Gasteiger partial charge in [0.05, 0.1) is 18.6 Å². The molecule has 2 heterocycles. The summed E-state index contributed by atoms with van der Waals surface area (Å²) in [5.74, 6) is -0.0906.